The minimum Gasteiger partial charge on any atom is -0.460 e. The van der Waals surface area contributed by atoms with Crippen LogP contribution in [-0.4, -0.2) is 86.6 Å². The number of morpholine rings is 2. The van der Waals surface area contributed by atoms with E-state index in [9.17, 15) is 4.79 Å². The van der Waals surface area contributed by atoms with Crippen LogP contribution < -0.4 is 0 Å². The van der Waals surface area contributed by atoms with E-state index >= 15 is 0 Å². The molecule has 0 radical (unpaired) electrons. The molecule has 0 aromatic carbocycles. The molecule has 2 aliphatic heterocycles. The Bertz CT molecular complexity index is 781. The van der Waals surface area contributed by atoms with Gasteiger partial charge in [-0.05, 0) is 80.5 Å². The van der Waals surface area contributed by atoms with Crippen molar-refractivity contribution in [2.24, 2.45) is 34.5 Å². The molecule has 2 heterocycles. The molecule has 2 saturated heterocycles. The lowest BCUT2D eigenvalue weighted by Crippen LogP contribution is -2.57. The van der Waals surface area contributed by atoms with Gasteiger partial charge in [-0.15, -0.1) is 0 Å². The number of esters is 1. The van der Waals surface area contributed by atoms with Crippen molar-refractivity contribution in [1.29, 1.82) is 0 Å². The fraction of sp³-hybridized carbons (Fsp3) is 0.966. The molecule has 6 aliphatic rings. The fourth-order valence-electron chi connectivity index (χ4n) is 10.1. The molecule has 0 amide bonds. The van der Waals surface area contributed by atoms with Crippen LogP contribution in [0.15, 0.2) is 0 Å². The summed E-state index contributed by atoms with van der Waals surface area (Å²) in [6, 6.07) is 1.13. The Labute approximate surface area is 212 Å². The number of rotatable bonds is 3. The molecule has 6 fully saturated rings. The van der Waals surface area contributed by atoms with Gasteiger partial charge in [-0.25, -0.2) is 0 Å². The fourth-order valence-corrected chi connectivity index (χ4v) is 10.1. The second-order valence-electron chi connectivity index (χ2n) is 13.3. The van der Waals surface area contributed by atoms with Gasteiger partial charge in [0.25, 0.3) is 0 Å². The second kappa shape index (κ2) is 9.56. The Kier molecular flexibility index (Phi) is 6.73. The highest BCUT2D eigenvalue weighted by Gasteiger charge is 2.64. The topological polar surface area (TPSA) is 51.2 Å². The molecule has 6 rings (SSSR count). The Morgan fingerprint density at radius 2 is 1.46 bits per heavy atom. The molecule has 0 bridgehead atoms. The molecule has 0 aromatic heterocycles. The van der Waals surface area contributed by atoms with Crippen molar-refractivity contribution in [1.82, 2.24) is 9.80 Å². The van der Waals surface area contributed by atoms with E-state index in [4.69, 9.17) is 14.2 Å². The number of hydrogen-bond acceptors (Lipinski definition) is 6. The molecule has 198 valence electrons. The number of carbonyl (C=O) groups excluding carboxylic acids is 1. The van der Waals surface area contributed by atoms with E-state index < -0.39 is 0 Å². The Hall–Kier alpha value is -0.690. The highest BCUT2D eigenvalue weighted by Crippen LogP contribution is 2.67. The van der Waals surface area contributed by atoms with Crippen molar-refractivity contribution in [3.63, 3.8) is 0 Å². The zero-order chi connectivity index (χ0) is 24.2. The SMILES string of the molecule is CC(=O)O[C@H]1[C@@H](N2CCOCC2)C[C@H]2[C@@H]3CC[C@H]4C[C@@H](N5CCOCC5)CC[C@]4(C)[C@H]3CC[C@@]21C. The molecule has 0 N–H and O–H groups in total. The molecule has 0 aromatic rings. The monoisotopic (exact) mass is 488 g/mol. The Morgan fingerprint density at radius 3 is 2.14 bits per heavy atom. The minimum absolute atomic E-state index is 0.0339. The highest BCUT2D eigenvalue weighted by atomic mass is 16.5. The van der Waals surface area contributed by atoms with Crippen molar-refractivity contribution in [2.75, 3.05) is 52.6 Å². The summed E-state index contributed by atoms with van der Waals surface area (Å²) in [5.41, 5.74) is 0.602. The summed E-state index contributed by atoms with van der Waals surface area (Å²) in [7, 11) is 0. The zero-order valence-corrected chi connectivity index (χ0v) is 22.4. The normalized spacial score (nSPS) is 49.1. The molecule has 0 spiro atoms. The molecular formula is C29H48N2O4. The largest absolute Gasteiger partial charge is 0.460 e. The van der Waals surface area contributed by atoms with Gasteiger partial charge in [-0.1, -0.05) is 13.8 Å². The molecule has 0 unspecified atom stereocenters. The average molecular weight is 489 g/mol. The van der Waals surface area contributed by atoms with Gasteiger partial charge in [0.1, 0.15) is 6.10 Å². The van der Waals surface area contributed by atoms with Crippen molar-refractivity contribution in [3.05, 3.63) is 0 Å². The van der Waals surface area contributed by atoms with Gasteiger partial charge in [0.2, 0.25) is 0 Å². The van der Waals surface area contributed by atoms with Crippen molar-refractivity contribution >= 4 is 5.97 Å². The van der Waals surface area contributed by atoms with Crippen molar-refractivity contribution in [2.45, 2.75) is 90.3 Å². The highest BCUT2D eigenvalue weighted by molar-refractivity contribution is 5.66. The summed E-state index contributed by atoms with van der Waals surface area (Å²) in [6.45, 7) is 14.4. The van der Waals surface area contributed by atoms with Gasteiger partial charge >= 0.3 is 5.97 Å². The number of ether oxygens (including phenoxy) is 3. The quantitative estimate of drug-likeness (QED) is 0.561. The summed E-state index contributed by atoms with van der Waals surface area (Å²) >= 11 is 0. The van der Waals surface area contributed by atoms with Gasteiger partial charge in [0.15, 0.2) is 0 Å². The summed E-state index contributed by atoms with van der Waals surface area (Å²) < 4.78 is 17.5. The minimum atomic E-state index is -0.102. The third kappa shape index (κ3) is 4.19. The lowest BCUT2D eigenvalue weighted by Gasteiger charge is -2.61. The van der Waals surface area contributed by atoms with E-state index in [0.717, 1.165) is 76.4 Å². The van der Waals surface area contributed by atoms with Crippen LogP contribution >= 0.6 is 0 Å². The first kappa shape index (κ1) is 24.6. The number of hydrogen-bond donors (Lipinski definition) is 0. The average Bonchev–Trinajstić information content (AvgIpc) is 3.16. The van der Waals surface area contributed by atoms with Crippen molar-refractivity contribution in [3.8, 4) is 0 Å². The first-order valence-electron chi connectivity index (χ1n) is 14.7. The van der Waals surface area contributed by atoms with E-state index in [-0.39, 0.29) is 17.5 Å². The van der Waals surface area contributed by atoms with Gasteiger partial charge in [-0.3, -0.25) is 14.6 Å². The van der Waals surface area contributed by atoms with Crippen LogP contribution in [0.4, 0.5) is 0 Å². The summed E-state index contributed by atoms with van der Waals surface area (Å²) in [5, 5.41) is 0. The summed E-state index contributed by atoms with van der Waals surface area (Å²) in [6.07, 6.45) is 10.7. The molecular weight excluding hydrogens is 440 g/mol. The maximum Gasteiger partial charge on any atom is 0.302 e. The van der Waals surface area contributed by atoms with Crippen LogP contribution in [0.5, 0.6) is 0 Å². The maximum absolute atomic E-state index is 12.3. The Morgan fingerprint density at radius 1 is 0.800 bits per heavy atom. The predicted octanol–water partition coefficient (Wildman–Crippen LogP) is 3.97. The standard InChI is InChI=1S/C29H48N2O4/c1-20(32)35-27-26(31-12-16-34-17-13-31)19-25-23-5-4-21-18-22(30-10-14-33-15-11-30)6-8-28(21,2)24(23)7-9-29(25,27)3/h21-27H,4-19H2,1-3H3/t21-,22-,23+,24-,25-,26-,27-,28-,29-/m0/s1. The molecule has 9 atom stereocenters. The van der Waals surface area contributed by atoms with Crippen LogP contribution in [-0.2, 0) is 19.0 Å². The van der Waals surface area contributed by atoms with Gasteiger partial charge in [0, 0.05) is 50.6 Å². The summed E-state index contributed by atoms with van der Waals surface area (Å²) in [5.74, 6) is 3.07. The predicted molar refractivity (Wildman–Crippen MR) is 135 cm³/mol. The van der Waals surface area contributed by atoms with Gasteiger partial charge < -0.3 is 14.2 Å². The van der Waals surface area contributed by atoms with Crippen LogP contribution in [0.2, 0.25) is 0 Å². The molecule has 4 aliphatic carbocycles. The van der Waals surface area contributed by atoms with E-state index in [1.165, 1.54) is 51.4 Å². The Balaban J connectivity index is 1.21. The smallest absolute Gasteiger partial charge is 0.302 e. The summed E-state index contributed by atoms with van der Waals surface area (Å²) in [4.78, 5) is 17.6. The maximum atomic E-state index is 12.3. The second-order valence-corrected chi connectivity index (χ2v) is 13.3. The lowest BCUT2D eigenvalue weighted by atomic mass is 9.45. The number of carbonyl (C=O) groups is 1. The van der Waals surface area contributed by atoms with E-state index in [2.05, 4.69) is 23.6 Å². The van der Waals surface area contributed by atoms with Crippen LogP contribution in [0.3, 0.4) is 0 Å². The van der Waals surface area contributed by atoms with E-state index in [1.54, 1.807) is 6.92 Å². The third-order valence-electron chi connectivity index (χ3n) is 11.9. The first-order valence-corrected chi connectivity index (χ1v) is 14.7. The molecule has 4 saturated carbocycles. The number of fused-ring (bicyclic) bond motifs is 5. The molecule has 35 heavy (non-hydrogen) atoms. The number of nitrogens with zero attached hydrogens (tertiary/aromatic N) is 2. The molecule has 6 nitrogen and oxygen atoms in total. The van der Waals surface area contributed by atoms with Crippen molar-refractivity contribution < 1.29 is 19.0 Å². The zero-order valence-electron chi connectivity index (χ0n) is 22.4. The lowest BCUT2D eigenvalue weighted by molar-refractivity contribution is -0.167. The van der Waals surface area contributed by atoms with Crippen LogP contribution in [0.25, 0.3) is 0 Å². The van der Waals surface area contributed by atoms with Crippen LogP contribution in [0, 0.1) is 34.5 Å². The van der Waals surface area contributed by atoms with Gasteiger partial charge in [-0.2, -0.15) is 0 Å². The van der Waals surface area contributed by atoms with Crippen LogP contribution in [0.1, 0.15) is 72.1 Å². The van der Waals surface area contributed by atoms with E-state index in [0.29, 0.717) is 17.4 Å². The third-order valence-corrected chi connectivity index (χ3v) is 11.9. The molecule has 6 heteroatoms. The van der Waals surface area contributed by atoms with Gasteiger partial charge in [0.05, 0.1) is 26.4 Å². The van der Waals surface area contributed by atoms with E-state index in [1.807, 2.05) is 0 Å². The first-order chi connectivity index (χ1) is 16.9.